The standard InChI is InChI=1S/C15H22FNO/c1-12(10-14-4-2-3-5-15(14)16)17-8-6-13-7-9-18-11-13/h2-5,12-13,17H,6-11H2,1H3. The van der Waals surface area contributed by atoms with Crippen molar-refractivity contribution in [2.75, 3.05) is 19.8 Å². The topological polar surface area (TPSA) is 21.3 Å². The van der Waals surface area contributed by atoms with Gasteiger partial charge in [-0.2, -0.15) is 0 Å². The van der Waals surface area contributed by atoms with Gasteiger partial charge in [0.15, 0.2) is 0 Å². The summed E-state index contributed by atoms with van der Waals surface area (Å²) >= 11 is 0. The molecule has 0 aliphatic carbocycles. The molecule has 1 saturated heterocycles. The van der Waals surface area contributed by atoms with E-state index >= 15 is 0 Å². The van der Waals surface area contributed by atoms with Gasteiger partial charge in [-0.15, -0.1) is 0 Å². The van der Waals surface area contributed by atoms with Crippen LogP contribution in [0.3, 0.4) is 0 Å². The van der Waals surface area contributed by atoms with Crippen LogP contribution >= 0.6 is 0 Å². The molecule has 1 aromatic carbocycles. The molecule has 1 heterocycles. The first kappa shape index (κ1) is 13.5. The van der Waals surface area contributed by atoms with Crippen LogP contribution in [-0.2, 0) is 11.2 Å². The second kappa shape index (κ2) is 6.86. The average Bonchev–Trinajstić information content (AvgIpc) is 2.85. The van der Waals surface area contributed by atoms with Crippen molar-refractivity contribution in [3.05, 3.63) is 35.6 Å². The lowest BCUT2D eigenvalue weighted by Gasteiger charge is -2.15. The second-order valence-corrected chi connectivity index (χ2v) is 5.17. The molecule has 1 aromatic rings. The van der Waals surface area contributed by atoms with E-state index in [4.69, 9.17) is 4.74 Å². The molecule has 2 unspecified atom stereocenters. The minimum absolute atomic E-state index is 0.102. The van der Waals surface area contributed by atoms with E-state index in [1.165, 1.54) is 12.5 Å². The Morgan fingerprint density at radius 3 is 3.00 bits per heavy atom. The van der Waals surface area contributed by atoms with E-state index < -0.39 is 0 Å². The molecule has 1 N–H and O–H groups in total. The second-order valence-electron chi connectivity index (χ2n) is 5.17. The van der Waals surface area contributed by atoms with Crippen molar-refractivity contribution in [2.45, 2.75) is 32.2 Å². The summed E-state index contributed by atoms with van der Waals surface area (Å²) in [5.74, 6) is 0.605. The van der Waals surface area contributed by atoms with Gasteiger partial charge in [-0.05, 0) is 50.3 Å². The van der Waals surface area contributed by atoms with Crippen LogP contribution in [-0.4, -0.2) is 25.8 Å². The lowest BCUT2D eigenvalue weighted by molar-refractivity contribution is 0.184. The number of nitrogens with one attached hydrogen (secondary N) is 1. The van der Waals surface area contributed by atoms with Crippen LogP contribution in [0.2, 0.25) is 0 Å². The zero-order valence-electron chi connectivity index (χ0n) is 11.0. The van der Waals surface area contributed by atoms with E-state index in [2.05, 4.69) is 12.2 Å². The highest BCUT2D eigenvalue weighted by atomic mass is 19.1. The van der Waals surface area contributed by atoms with Gasteiger partial charge >= 0.3 is 0 Å². The normalized spacial score (nSPS) is 21.1. The van der Waals surface area contributed by atoms with Crippen molar-refractivity contribution in [3.8, 4) is 0 Å². The summed E-state index contributed by atoms with van der Waals surface area (Å²) in [5, 5.41) is 3.46. The van der Waals surface area contributed by atoms with Crippen molar-refractivity contribution in [2.24, 2.45) is 5.92 Å². The minimum atomic E-state index is -0.102. The molecule has 2 atom stereocenters. The SMILES string of the molecule is CC(Cc1ccccc1F)NCCC1CCOC1. The van der Waals surface area contributed by atoms with E-state index in [0.717, 1.165) is 38.2 Å². The number of hydrogen-bond donors (Lipinski definition) is 1. The molecule has 0 bridgehead atoms. The first-order chi connectivity index (χ1) is 8.75. The summed E-state index contributed by atoms with van der Waals surface area (Å²) < 4.78 is 18.8. The molecular weight excluding hydrogens is 229 g/mol. The number of benzene rings is 1. The first-order valence-electron chi connectivity index (χ1n) is 6.80. The molecule has 0 aromatic heterocycles. The largest absolute Gasteiger partial charge is 0.381 e. The fraction of sp³-hybridized carbons (Fsp3) is 0.600. The highest BCUT2D eigenvalue weighted by Crippen LogP contribution is 2.15. The van der Waals surface area contributed by atoms with Crippen molar-refractivity contribution in [1.82, 2.24) is 5.32 Å². The number of hydrogen-bond acceptors (Lipinski definition) is 2. The monoisotopic (exact) mass is 251 g/mol. The fourth-order valence-corrected chi connectivity index (χ4v) is 2.41. The molecule has 2 rings (SSSR count). The molecule has 3 heteroatoms. The van der Waals surface area contributed by atoms with Crippen molar-refractivity contribution in [3.63, 3.8) is 0 Å². The zero-order chi connectivity index (χ0) is 12.8. The summed E-state index contributed by atoms with van der Waals surface area (Å²) in [7, 11) is 0. The first-order valence-corrected chi connectivity index (χ1v) is 6.80. The van der Waals surface area contributed by atoms with Crippen LogP contribution in [0, 0.1) is 11.7 Å². The third-order valence-electron chi connectivity index (χ3n) is 3.55. The third-order valence-corrected chi connectivity index (χ3v) is 3.55. The molecule has 1 fully saturated rings. The lowest BCUT2D eigenvalue weighted by Crippen LogP contribution is -2.30. The van der Waals surface area contributed by atoms with Crippen molar-refractivity contribution >= 4 is 0 Å². The summed E-state index contributed by atoms with van der Waals surface area (Å²) in [6.07, 6.45) is 3.08. The Morgan fingerprint density at radius 1 is 1.44 bits per heavy atom. The molecule has 0 amide bonds. The maximum atomic E-state index is 13.5. The molecule has 1 aliphatic heterocycles. The van der Waals surface area contributed by atoms with Gasteiger partial charge in [-0.1, -0.05) is 18.2 Å². The van der Waals surface area contributed by atoms with Gasteiger partial charge < -0.3 is 10.1 Å². The van der Waals surface area contributed by atoms with Crippen molar-refractivity contribution in [1.29, 1.82) is 0 Å². The van der Waals surface area contributed by atoms with Crippen LogP contribution in [0.1, 0.15) is 25.3 Å². The third kappa shape index (κ3) is 4.07. The van der Waals surface area contributed by atoms with Gasteiger partial charge in [0.1, 0.15) is 5.82 Å². The van der Waals surface area contributed by atoms with Gasteiger partial charge in [-0.3, -0.25) is 0 Å². The summed E-state index contributed by atoms with van der Waals surface area (Å²) in [6, 6.07) is 7.32. The van der Waals surface area contributed by atoms with Gasteiger partial charge in [0.05, 0.1) is 0 Å². The summed E-state index contributed by atoms with van der Waals surface area (Å²) in [4.78, 5) is 0. The summed E-state index contributed by atoms with van der Waals surface area (Å²) in [6.45, 7) is 4.92. The zero-order valence-corrected chi connectivity index (χ0v) is 11.0. The van der Waals surface area contributed by atoms with Gasteiger partial charge in [0, 0.05) is 19.3 Å². The number of halogens is 1. The Labute approximate surface area is 109 Å². The molecule has 0 spiro atoms. The molecule has 1 aliphatic rings. The quantitative estimate of drug-likeness (QED) is 0.839. The highest BCUT2D eigenvalue weighted by molar-refractivity contribution is 5.18. The number of rotatable bonds is 6. The smallest absolute Gasteiger partial charge is 0.126 e. The molecule has 100 valence electrons. The number of ether oxygens (including phenoxy) is 1. The van der Waals surface area contributed by atoms with Gasteiger partial charge in [0.25, 0.3) is 0 Å². The van der Waals surface area contributed by atoms with Crippen LogP contribution in [0.25, 0.3) is 0 Å². The van der Waals surface area contributed by atoms with Crippen LogP contribution < -0.4 is 5.32 Å². The molecule has 2 nitrogen and oxygen atoms in total. The Kier molecular flexibility index (Phi) is 5.14. The van der Waals surface area contributed by atoms with E-state index in [-0.39, 0.29) is 5.82 Å². The molecule has 18 heavy (non-hydrogen) atoms. The molecule has 0 radical (unpaired) electrons. The predicted molar refractivity (Wildman–Crippen MR) is 71.1 cm³/mol. The van der Waals surface area contributed by atoms with Gasteiger partial charge in [0.2, 0.25) is 0 Å². The lowest BCUT2D eigenvalue weighted by atomic mass is 10.0. The Bertz CT molecular complexity index is 363. The van der Waals surface area contributed by atoms with Crippen molar-refractivity contribution < 1.29 is 9.13 Å². The maximum Gasteiger partial charge on any atom is 0.126 e. The molecule has 0 saturated carbocycles. The van der Waals surface area contributed by atoms with E-state index in [1.54, 1.807) is 6.07 Å². The Morgan fingerprint density at radius 2 is 2.28 bits per heavy atom. The Hall–Kier alpha value is -0.930. The van der Waals surface area contributed by atoms with E-state index in [0.29, 0.717) is 12.0 Å². The summed E-state index contributed by atoms with van der Waals surface area (Å²) in [5.41, 5.74) is 0.793. The van der Waals surface area contributed by atoms with E-state index in [9.17, 15) is 4.39 Å². The van der Waals surface area contributed by atoms with Gasteiger partial charge in [-0.25, -0.2) is 4.39 Å². The maximum absolute atomic E-state index is 13.5. The van der Waals surface area contributed by atoms with Crippen LogP contribution in [0.4, 0.5) is 4.39 Å². The van der Waals surface area contributed by atoms with Crippen LogP contribution in [0.15, 0.2) is 24.3 Å². The average molecular weight is 251 g/mol. The van der Waals surface area contributed by atoms with E-state index in [1.807, 2.05) is 12.1 Å². The fourth-order valence-electron chi connectivity index (χ4n) is 2.41. The predicted octanol–water partition coefficient (Wildman–Crippen LogP) is 2.77. The highest BCUT2D eigenvalue weighted by Gasteiger charge is 2.15. The Balaban J connectivity index is 1.68. The van der Waals surface area contributed by atoms with Crippen LogP contribution in [0.5, 0.6) is 0 Å². The minimum Gasteiger partial charge on any atom is -0.381 e. The molecular formula is C15H22FNO.